The monoisotopic (exact) mass is 398 g/mol. The van der Waals surface area contributed by atoms with Crippen LogP contribution in [0.25, 0.3) is 0 Å². The predicted molar refractivity (Wildman–Crippen MR) is 103 cm³/mol. The molecule has 1 aliphatic rings. The topological polar surface area (TPSA) is 119 Å². The highest BCUT2D eigenvalue weighted by Gasteiger charge is 2.29. The Balaban J connectivity index is 1.90. The lowest BCUT2D eigenvalue weighted by Gasteiger charge is -2.20. The molecule has 0 bridgehead atoms. The van der Waals surface area contributed by atoms with Gasteiger partial charge in [0, 0.05) is 11.1 Å². The van der Waals surface area contributed by atoms with Gasteiger partial charge in [0.25, 0.3) is 5.91 Å². The first-order chi connectivity index (χ1) is 13.7. The highest BCUT2D eigenvalue weighted by atomic mass is 19.1. The van der Waals surface area contributed by atoms with Crippen LogP contribution in [0.5, 0.6) is 5.88 Å². The number of nitrogens with zero attached hydrogens (tertiary/aromatic N) is 3. The standard InChI is InChI=1S/C20H19FN4O4/c1-20(2,10-15(26)27)6-5-12-3-4-13(9-14(12)21)25-7-8-29-18-16(19(25)28)17(22)23-11-24-18/h3-4,9,11H,7-8,10H2,1-2H3,(H,26,27)(H2,22,23,24). The van der Waals surface area contributed by atoms with Crippen LogP contribution in [0.4, 0.5) is 15.9 Å². The molecule has 1 aliphatic heterocycles. The number of hydrogen-bond donors (Lipinski definition) is 2. The number of carboxylic acid groups (broad SMARTS) is 1. The van der Waals surface area contributed by atoms with E-state index < -0.39 is 23.1 Å². The van der Waals surface area contributed by atoms with Gasteiger partial charge in [-0.1, -0.05) is 11.8 Å². The van der Waals surface area contributed by atoms with Crippen LogP contribution in [0.2, 0.25) is 0 Å². The minimum Gasteiger partial charge on any atom is -0.481 e. The maximum atomic E-state index is 14.6. The zero-order valence-corrected chi connectivity index (χ0v) is 15.9. The lowest BCUT2D eigenvalue weighted by molar-refractivity contribution is -0.138. The molecule has 0 fully saturated rings. The molecule has 3 N–H and O–H groups in total. The molecule has 3 rings (SSSR count). The number of aromatic nitrogens is 2. The molecule has 0 saturated heterocycles. The molecular weight excluding hydrogens is 379 g/mol. The Hall–Kier alpha value is -3.67. The van der Waals surface area contributed by atoms with E-state index >= 15 is 0 Å². The average Bonchev–Trinajstić information content (AvgIpc) is 2.79. The van der Waals surface area contributed by atoms with Crippen molar-refractivity contribution in [3.05, 3.63) is 41.5 Å². The van der Waals surface area contributed by atoms with Gasteiger partial charge >= 0.3 is 5.97 Å². The SMILES string of the molecule is CC(C)(C#Cc1ccc(N2CCOc3ncnc(N)c3C2=O)cc1F)CC(=O)O. The number of rotatable bonds is 3. The maximum absolute atomic E-state index is 14.6. The van der Waals surface area contributed by atoms with E-state index in [0.29, 0.717) is 5.69 Å². The second kappa shape index (κ2) is 7.75. The Labute approximate surface area is 166 Å². The number of amides is 1. The van der Waals surface area contributed by atoms with Crippen molar-refractivity contribution in [3.8, 4) is 17.7 Å². The van der Waals surface area contributed by atoms with Crippen molar-refractivity contribution >= 4 is 23.4 Å². The number of carboxylic acids is 1. The van der Waals surface area contributed by atoms with Crippen molar-refractivity contribution in [2.75, 3.05) is 23.8 Å². The van der Waals surface area contributed by atoms with Gasteiger partial charge in [0.05, 0.1) is 18.5 Å². The second-order valence-electron chi connectivity index (χ2n) is 7.11. The summed E-state index contributed by atoms with van der Waals surface area (Å²) in [5.74, 6) is 3.44. The van der Waals surface area contributed by atoms with E-state index in [4.69, 9.17) is 15.6 Å². The van der Waals surface area contributed by atoms with E-state index in [2.05, 4.69) is 21.8 Å². The Morgan fingerprint density at radius 3 is 2.86 bits per heavy atom. The number of hydrogen-bond acceptors (Lipinski definition) is 6. The number of nitrogens with two attached hydrogens (primary N) is 1. The molecular formula is C20H19FN4O4. The number of carbonyl (C=O) groups is 2. The van der Waals surface area contributed by atoms with Crippen LogP contribution < -0.4 is 15.4 Å². The Kier molecular flexibility index (Phi) is 5.37. The molecule has 0 saturated carbocycles. The molecule has 29 heavy (non-hydrogen) atoms. The van der Waals surface area contributed by atoms with E-state index in [1.165, 1.54) is 23.4 Å². The molecule has 2 heterocycles. The minimum absolute atomic E-state index is 0.0180. The van der Waals surface area contributed by atoms with Crippen LogP contribution >= 0.6 is 0 Å². The van der Waals surface area contributed by atoms with Crippen molar-refractivity contribution in [2.45, 2.75) is 20.3 Å². The van der Waals surface area contributed by atoms with Gasteiger partial charge in [0.2, 0.25) is 5.88 Å². The van der Waals surface area contributed by atoms with Crippen LogP contribution in [-0.4, -0.2) is 40.1 Å². The van der Waals surface area contributed by atoms with Crippen LogP contribution in [0.1, 0.15) is 36.2 Å². The summed E-state index contributed by atoms with van der Waals surface area (Å²) in [4.78, 5) is 32.8. The van der Waals surface area contributed by atoms with Crippen LogP contribution in [-0.2, 0) is 4.79 Å². The second-order valence-corrected chi connectivity index (χ2v) is 7.11. The first-order valence-electron chi connectivity index (χ1n) is 8.77. The number of benzene rings is 1. The van der Waals surface area contributed by atoms with E-state index in [1.54, 1.807) is 19.9 Å². The van der Waals surface area contributed by atoms with Crippen LogP contribution in [0, 0.1) is 23.1 Å². The van der Waals surface area contributed by atoms with Gasteiger partial charge in [-0.25, -0.2) is 14.4 Å². The Bertz CT molecular complexity index is 1040. The minimum atomic E-state index is -0.981. The number of anilines is 2. The van der Waals surface area contributed by atoms with E-state index in [-0.39, 0.29) is 42.4 Å². The molecule has 0 atom stereocenters. The van der Waals surface area contributed by atoms with Crippen molar-refractivity contribution in [1.82, 2.24) is 9.97 Å². The summed E-state index contributed by atoms with van der Waals surface area (Å²) < 4.78 is 20.1. The zero-order chi connectivity index (χ0) is 21.2. The molecule has 1 aromatic carbocycles. The molecule has 9 heteroatoms. The third-order valence-corrected chi connectivity index (χ3v) is 4.25. The molecule has 1 amide bonds. The summed E-state index contributed by atoms with van der Waals surface area (Å²) in [6.45, 7) is 3.66. The fourth-order valence-corrected chi connectivity index (χ4v) is 2.84. The van der Waals surface area contributed by atoms with Crippen LogP contribution in [0.3, 0.4) is 0 Å². The van der Waals surface area contributed by atoms with Crippen molar-refractivity contribution in [2.24, 2.45) is 5.41 Å². The van der Waals surface area contributed by atoms with Gasteiger partial charge in [-0.3, -0.25) is 9.59 Å². The molecule has 0 aliphatic carbocycles. The molecule has 0 radical (unpaired) electrons. The molecule has 2 aromatic rings. The number of fused-ring (bicyclic) bond motifs is 1. The van der Waals surface area contributed by atoms with E-state index in [0.717, 1.165) is 0 Å². The third-order valence-electron chi connectivity index (χ3n) is 4.25. The van der Waals surface area contributed by atoms with Crippen molar-refractivity contribution in [1.29, 1.82) is 0 Å². The predicted octanol–water partition coefficient (Wildman–Crippen LogP) is 2.09. The number of aliphatic carboxylic acids is 1. The smallest absolute Gasteiger partial charge is 0.304 e. The van der Waals surface area contributed by atoms with Gasteiger partial charge in [0.15, 0.2) is 0 Å². The van der Waals surface area contributed by atoms with E-state index in [9.17, 15) is 14.0 Å². The molecule has 150 valence electrons. The summed E-state index contributed by atoms with van der Waals surface area (Å²) >= 11 is 0. The van der Waals surface area contributed by atoms with Crippen molar-refractivity contribution < 1.29 is 23.8 Å². The summed E-state index contributed by atoms with van der Waals surface area (Å²) in [6.07, 6.45) is 1.04. The van der Waals surface area contributed by atoms with Crippen LogP contribution in [0.15, 0.2) is 24.5 Å². The number of halogens is 1. The summed E-state index contributed by atoms with van der Waals surface area (Å²) in [6, 6.07) is 4.19. The van der Waals surface area contributed by atoms with Gasteiger partial charge in [-0.15, -0.1) is 0 Å². The van der Waals surface area contributed by atoms with E-state index in [1.807, 2.05) is 0 Å². The Morgan fingerprint density at radius 2 is 2.17 bits per heavy atom. The van der Waals surface area contributed by atoms with Gasteiger partial charge < -0.3 is 20.5 Å². The molecule has 1 aromatic heterocycles. The van der Waals surface area contributed by atoms with Gasteiger partial charge in [-0.05, 0) is 32.0 Å². The Morgan fingerprint density at radius 1 is 1.41 bits per heavy atom. The first-order valence-corrected chi connectivity index (χ1v) is 8.77. The summed E-state index contributed by atoms with van der Waals surface area (Å²) in [7, 11) is 0. The summed E-state index contributed by atoms with van der Waals surface area (Å²) in [5, 5.41) is 8.91. The highest BCUT2D eigenvalue weighted by molar-refractivity contribution is 6.10. The normalized spacial score (nSPS) is 13.6. The van der Waals surface area contributed by atoms with Gasteiger partial charge in [0.1, 0.15) is 30.1 Å². The van der Waals surface area contributed by atoms with Crippen molar-refractivity contribution in [3.63, 3.8) is 0 Å². The largest absolute Gasteiger partial charge is 0.481 e. The quantitative estimate of drug-likeness (QED) is 0.760. The highest BCUT2D eigenvalue weighted by Crippen LogP contribution is 2.28. The number of nitrogen functional groups attached to an aromatic ring is 1. The molecule has 0 spiro atoms. The lowest BCUT2D eigenvalue weighted by Crippen LogP contribution is -2.32. The fourth-order valence-electron chi connectivity index (χ4n) is 2.84. The average molecular weight is 398 g/mol. The number of ether oxygens (including phenoxy) is 1. The lowest BCUT2D eigenvalue weighted by atomic mass is 9.90. The number of carbonyl (C=O) groups excluding carboxylic acids is 1. The first kappa shape index (κ1) is 20.1. The molecule has 8 nitrogen and oxygen atoms in total. The maximum Gasteiger partial charge on any atom is 0.304 e. The fraction of sp³-hybridized carbons (Fsp3) is 0.300. The third kappa shape index (κ3) is 4.43. The summed E-state index contributed by atoms with van der Waals surface area (Å²) in [5.41, 5.74) is 5.43. The molecule has 0 unspecified atom stereocenters. The zero-order valence-electron chi connectivity index (χ0n) is 15.9. The van der Waals surface area contributed by atoms with Gasteiger partial charge in [-0.2, -0.15) is 0 Å².